The number of rotatable bonds is 11. The van der Waals surface area contributed by atoms with Gasteiger partial charge >= 0.3 is 6.09 Å². The van der Waals surface area contributed by atoms with Gasteiger partial charge in [-0.25, -0.2) is 4.79 Å². The SMILES string of the molecule is CCC1CC(C(C)C=CC=C(C)Cc2cc(OC)c(Cl)c(N(C)C(=O)CCC3(C)CO3)c2)N(C)C(=O)O1. The van der Waals surface area contributed by atoms with E-state index in [1.807, 2.05) is 26.0 Å². The van der Waals surface area contributed by atoms with Crippen LogP contribution in [0.3, 0.4) is 0 Å². The first-order chi connectivity index (χ1) is 17.5. The van der Waals surface area contributed by atoms with E-state index < -0.39 is 0 Å². The van der Waals surface area contributed by atoms with Crippen LogP contribution in [0.2, 0.25) is 5.02 Å². The van der Waals surface area contributed by atoms with Crippen molar-refractivity contribution in [3.63, 3.8) is 0 Å². The molecule has 2 fully saturated rings. The Morgan fingerprint density at radius 3 is 2.73 bits per heavy atom. The first-order valence-electron chi connectivity index (χ1n) is 13.0. The number of halogens is 1. The summed E-state index contributed by atoms with van der Waals surface area (Å²) in [5, 5.41) is 0.423. The van der Waals surface area contributed by atoms with Crippen molar-refractivity contribution in [1.82, 2.24) is 4.90 Å². The van der Waals surface area contributed by atoms with Crippen LogP contribution in [0.1, 0.15) is 58.9 Å². The highest BCUT2D eigenvalue weighted by Crippen LogP contribution is 2.37. The first-order valence-corrected chi connectivity index (χ1v) is 13.4. The van der Waals surface area contributed by atoms with Gasteiger partial charge < -0.3 is 24.0 Å². The normalized spacial score (nSPS) is 24.7. The van der Waals surface area contributed by atoms with Gasteiger partial charge in [0.2, 0.25) is 5.91 Å². The predicted octanol–water partition coefficient (Wildman–Crippen LogP) is 6.18. The maximum absolute atomic E-state index is 12.8. The minimum absolute atomic E-state index is 0.0103. The number of allylic oxidation sites excluding steroid dienone is 3. The molecule has 0 radical (unpaired) electrons. The number of hydrogen-bond acceptors (Lipinski definition) is 5. The van der Waals surface area contributed by atoms with Gasteiger partial charge in [0.05, 0.1) is 25.0 Å². The minimum Gasteiger partial charge on any atom is -0.495 e. The van der Waals surface area contributed by atoms with Crippen LogP contribution < -0.4 is 9.64 Å². The number of benzene rings is 1. The smallest absolute Gasteiger partial charge is 0.410 e. The summed E-state index contributed by atoms with van der Waals surface area (Å²) in [5.74, 6) is 0.728. The Kier molecular flexibility index (Phi) is 9.70. The Balaban J connectivity index is 1.68. The molecule has 0 saturated carbocycles. The molecule has 1 aromatic carbocycles. The zero-order valence-corrected chi connectivity index (χ0v) is 23.9. The molecule has 1 aromatic rings. The van der Waals surface area contributed by atoms with E-state index in [9.17, 15) is 9.59 Å². The van der Waals surface area contributed by atoms with E-state index in [2.05, 4.69) is 32.1 Å². The van der Waals surface area contributed by atoms with Crippen molar-refractivity contribution in [2.24, 2.45) is 5.92 Å². The Hall–Kier alpha value is -2.51. The van der Waals surface area contributed by atoms with Crippen molar-refractivity contribution in [2.75, 3.05) is 32.7 Å². The second-order valence-electron chi connectivity index (χ2n) is 10.6. The maximum Gasteiger partial charge on any atom is 0.410 e. The lowest BCUT2D eigenvalue weighted by atomic mass is 9.92. The molecule has 0 aliphatic carbocycles. The van der Waals surface area contributed by atoms with Crippen LogP contribution in [0.4, 0.5) is 10.5 Å². The first kappa shape index (κ1) is 29.1. The zero-order valence-electron chi connectivity index (χ0n) is 23.2. The van der Waals surface area contributed by atoms with E-state index in [4.69, 9.17) is 25.8 Å². The molecule has 37 heavy (non-hydrogen) atoms. The number of nitrogens with zero attached hydrogens (tertiary/aromatic N) is 2. The number of methoxy groups -OCH3 is 1. The molecule has 0 N–H and O–H groups in total. The predicted molar refractivity (Wildman–Crippen MR) is 147 cm³/mol. The molecule has 4 unspecified atom stereocenters. The maximum atomic E-state index is 12.8. The fourth-order valence-electron chi connectivity index (χ4n) is 4.63. The molecular formula is C29H41ClN2O5. The Labute approximate surface area is 226 Å². The topological polar surface area (TPSA) is 71.6 Å². The molecule has 8 heteroatoms. The van der Waals surface area contributed by atoms with Crippen molar-refractivity contribution in [3.05, 3.63) is 46.5 Å². The highest BCUT2D eigenvalue weighted by Gasteiger charge is 2.39. The summed E-state index contributed by atoms with van der Waals surface area (Å²) in [5.41, 5.74) is 2.62. The molecule has 2 heterocycles. The van der Waals surface area contributed by atoms with E-state index in [-0.39, 0.29) is 35.7 Å². The molecule has 204 valence electrons. The average molecular weight is 533 g/mol. The highest BCUT2D eigenvalue weighted by atomic mass is 35.5. The number of amides is 2. The number of carbonyl (C=O) groups excluding carboxylic acids is 2. The fraction of sp³-hybridized carbons (Fsp3) is 0.586. The van der Waals surface area contributed by atoms with E-state index >= 15 is 0 Å². The monoisotopic (exact) mass is 532 g/mol. The third-order valence-corrected chi connectivity index (χ3v) is 7.82. The molecule has 2 aliphatic heterocycles. The van der Waals surface area contributed by atoms with Crippen molar-refractivity contribution in [2.45, 2.75) is 77.5 Å². The summed E-state index contributed by atoms with van der Waals surface area (Å²) in [4.78, 5) is 28.3. The Morgan fingerprint density at radius 2 is 2.11 bits per heavy atom. The minimum atomic E-state index is -0.249. The zero-order chi connectivity index (χ0) is 27.3. The van der Waals surface area contributed by atoms with Gasteiger partial charge in [0, 0.05) is 33.0 Å². The summed E-state index contributed by atoms with van der Waals surface area (Å²) >= 11 is 6.59. The summed E-state index contributed by atoms with van der Waals surface area (Å²) < 4.78 is 16.4. The summed E-state index contributed by atoms with van der Waals surface area (Å²) in [7, 11) is 5.13. The third kappa shape index (κ3) is 7.51. The van der Waals surface area contributed by atoms with Crippen LogP contribution >= 0.6 is 11.6 Å². The van der Waals surface area contributed by atoms with Crippen molar-refractivity contribution >= 4 is 29.3 Å². The highest BCUT2D eigenvalue weighted by molar-refractivity contribution is 6.35. The largest absolute Gasteiger partial charge is 0.495 e. The van der Waals surface area contributed by atoms with E-state index in [1.165, 1.54) is 0 Å². The van der Waals surface area contributed by atoms with Crippen LogP contribution in [-0.4, -0.2) is 62.5 Å². The molecule has 2 amide bonds. The van der Waals surface area contributed by atoms with Gasteiger partial charge in [0.25, 0.3) is 0 Å². The lowest BCUT2D eigenvalue weighted by Crippen LogP contribution is -2.49. The summed E-state index contributed by atoms with van der Waals surface area (Å²) in [6.07, 6.45) is 9.43. The van der Waals surface area contributed by atoms with Crippen LogP contribution in [-0.2, 0) is 20.7 Å². The quantitative estimate of drug-likeness (QED) is 0.251. The van der Waals surface area contributed by atoms with Gasteiger partial charge in [-0.2, -0.15) is 0 Å². The van der Waals surface area contributed by atoms with Crippen LogP contribution in [0, 0.1) is 5.92 Å². The second kappa shape index (κ2) is 12.4. The van der Waals surface area contributed by atoms with Gasteiger partial charge in [-0.15, -0.1) is 0 Å². The van der Waals surface area contributed by atoms with Crippen molar-refractivity contribution < 1.29 is 23.8 Å². The Bertz CT molecular complexity index is 1050. The van der Waals surface area contributed by atoms with Crippen LogP contribution in [0.25, 0.3) is 0 Å². The molecular weight excluding hydrogens is 492 g/mol. The summed E-state index contributed by atoms with van der Waals surface area (Å²) in [6.45, 7) is 8.96. The van der Waals surface area contributed by atoms with Gasteiger partial charge in [0.1, 0.15) is 16.9 Å². The van der Waals surface area contributed by atoms with E-state index in [0.29, 0.717) is 42.3 Å². The van der Waals surface area contributed by atoms with Crippen LogP contribution in [0.15, 0.2) is 35.9 Å². The van der Waals surface area contributed by atoms with E-state index in [1.54, 1.807) is 31.0 Å². The molecule has 0 aromatic heterocycles. The number of ether oxygens (including phenoxy) is 3. The molecule has 2 aliphatic rings. The van der Waals surface area contributed by atoms with Gasteiger partial charge in [-0.3, -0.25) is 4.79 Å². The van der Waals surface area contributed by atoms with Crippen molar-refractivity contribution in [3.8, 4) is 5.75 Å². The standard InChI is InChI=1S/C29H41ClN2O5/c1-8-22-17-23(32(6)28(34)37-22)20(3)11-9-10-19(2)14-21-15-24(27(30)25(16-21)35-7)31(5)26(33)12-13-29(4)18-36-29/h9-11,15-16,20,22-23H,8,12-14,17-18H2,1-7H3. The van der Waals surface area contributed by atoms with Gasteiger partial charge in [-0.1, -0.05) is 49.2 Å². The molecule has 3 rings (SSSR count). The second-order valence-corrected chi connectivity index (χ2v) is 11.0. The van der Waals surface area contributed by atoms with Crippen LogP contribution in [0.5, 0.6) is 5.75 Å². The van der Waals surface area contributed by atoms with E-state index in [0.717, 1.165) is 24.0 Å². The lowest BCUT2D eigenvalue weighted by molar-refractivity contribution is -0.118. The lowest BCUT2D eigenvalue weighted by Gasteiger charge is -2.38. The van der Waals surface area contributed by atoms with Gasteiger partial charge in [-0.05, 0) is 56.7 Å². The molecule has 7 nitrogen and oxygen atoms in total. The average Bonchev–Trinajstić information content (AvgIpc) is 3.61. The molecule has 2 saturated heterocycles. The summed E-state index contributed by atoms with van der Waals surface area (Å²) in [6, 6.07) is 3.98. The number of hydrogen-bond donors (Lipinski definition) is 0. The fourth-order valence-corrected chi connectivity index (χ4v) is 4.95. The molecule has 0 spiro atoms. The molecule has 4 atom stereocenters. The number of anilines is 1. The number of cyclic esters (lactones) is 1. The molecule has 0 bridgehead atoms. The van der Waals surface area contributed by atoms with Gasteiger partial charge in [0.15, 0.2) is 0 Å². The van der Waals surface area contributed by atoms with Crippen molar-refractivity contribution in [1.29, 1.82) is 0 Å². The number of carbonyl (C=O) groups is 2. The Morgan fingerprint density at radius 1 is 1.41 bits per heavy atom. The number of epoxide rings is 1. The third-order valence-electron chi connectivity index (χ3n) is 7.44.